The van der Waals surface area contributed by atoms with Crippen LogP contribution in [0, 0.1) is 0 Å². The lowest BCUT2D eigenvalue weighted by Gasteiger charge is -2.33. The Morgan fingerprint density at radius 3 is 2.50 bits per heavy atom. The molecule has 0 atom stereocenters. The maximum atomic E-state index is 11.5. The van der Waals surface area contributed by atoms with E-state index >= 15 is 0 Å². The summed E-state index contributed by atoms with van der Waals surface area (Å²) in [6, 6.07) is 0. The molecule has 0 aliphatic carbocycles. The van der Waals surface area contributed by atoms with Gasteiger partial charge in [0.1, 0.15) is 5.54 Å². The maximum absolute atomic E-state index is 11.5. The van der Waals surface area contributed by atoms with E-state index in [-0.39, 0.29) is 12.3 Å². The number of carbonyl (C=O) groups is 2. The second-order valence-electron chi connectivity index (χ2n) is 3.94. The molecule has 1 rings (SSSR count). The van der Waals surface area contributed by atoms with E-state index in [2.05, 4.69) is 5.32 Å². The van der Waals surface area contributed by atoms with E-state index in [9.17, 15) is 9.59 Å². The van der Waals surface area contributed by atoms with Crippen LogP contribution in [0.4, 0.5) is 0 Å². The van der Waals surface area contributed by atoms with Crippen LogP contribution in [0.3, 0.4) is 0 Å². The molecule has 0 bridgehead atoms. The summed E-state index contributed by atoms with van der Waals surface area (Å²) in [5.74, 6) is -1.24. The predicted octanol–water partition coefficient (Wildman–Crippen LogP) is -0.525. The topological polar surface area (TPSA) is 102 Å². The molecular weight excluding hydrogens is 212 g/mol. The number of nitrogens with one attached hydrogen (secondary N) is 1. The first-order valence-electron chi connectivity index (χ1n) is 5.43. The van der Waals surface area contributed by atoms with Crippen molar-refractivity contribution < 1.29 is 19.4 Å². The summed E-state index contributed by atoms with van der Waals surface area (Å²) in [6.07, 6.45) is 1.47. The van der Waals surface area contributed by atoms with Crippen LogP contribution in [0.2, 0.25) is 0 Å². The van der Waals surface area contributed by atoms with Crippen molar-refractivity contribution in [2.45, 2.75) is 31.2 Å². The molecule has 1 aliphatic rings. The van der Waals surface area contributed by atoms with E-state index in [0.717, 1.165) is 0 Å². The van der Waals surface area contributed by atoms with E-state index < -0.39 is 11.5 Å². The Morgan fingerprint density at radius 2 is 2.00 bits per heavy atom. The summed E-state index contributed by atoms with van der Waals surface area (Å²) >= 11 is 0. The number of hydrogen-bond acceptors (Lipinski definition) is 4. The van der Waals surface area contributed by atoms with E-state index in [1.807, 2.05) is 0 Å². The Kier molecular flexibility index (Phi) is 4.70. The van der Waals surface area contributed by atoms with E-state index in [1.54, 1.807) is 0 Å². The van der Waals surface area contributed by atoms with Crippen molar-refractivity contribution in [1.82, 2.24) is 5.32 Å². The molecule has 0 radical (unpaired) electrons. The number of amides is 1. The van der Waals surface area contributed by atoms with Crippen LogP contribution in [0.5, 0.6) is 0 Å². The SMILES string of the molecule is NCCCC(=O)NC1(C(=O)O)CCOCC1. The van der Waals surface area contributed by atoms with Crippen LogP contribution < -0.4 is 11.1 Å². The predicted molar refractivity (Wildman–Crippen MR) is 56.9 cm³/mol. The average Bonchev–Trinajstić information content (AvgIpc) is 2.27. The minimum Gasteiger partial charge on any atom is -0.480 e. The highest BCUT2D eigenvalue weighted by molar-refractivity contribution is 5.87. The van der Waals surface area contributed by atoms with Crippen molar-refractivity contribution in [3.63, 3.8) is 0 Å². The first-order chi connectivity index (χ1) is 7.60. The normalized spacial score (nSPS) is 19.1. The molecule has 0 aromatic heterocycles. The average molecular weight is 230 g/mol. The largest absolute Gasteiger partial charge is 0.480 e. The van der Waals surface area contributed by atoms with E-state index in [1.165, 1.54) is 0 Å². The van der Waals surface area contributed by atoms with Gasteiger partial charge in [-0.25, -0.2) is 4.79 Å². The molecule has 0 saturated carbocycles. The molecule has 0 unspecified atom stereocenters. The van der Waals surface area contributed by atoms with Crippen molar-refractivity contribution in [3.8, 4) is 0 Å². The maximum Gasteiger partial charge on any atom is 0.329 e. The van der Waals surface area contributed by atoms with Gasteiger partial charge in [0.15, 0.2) is 0 Å². The van der Waals surface area contributed by atoms with Crippen molar-refractivity contribution in [2.24, 2.45) is 5.73 Å². The number of carboxylic acids is 1. The zero-order chi connectivity index (χ0) is 12.0. The summed E-state index contributed by atoms with van der Waals surface area (Å²) < 4.78 is 5.10. The van der Waals surface area contributed by atoms with Crippen LogP contribution in [0.25, 0.3) is 0 Å². The van der Waals surface area contributed by atoms with Gasteiger partial charge in [-0.1, -0.05) is 0 Å². The summed E-state index contributed by atoms with van der Waals surface area (Å²) in [5.41, 5.74) is 4.14. The number of hydrogen-bond donors (Lipinski definition) is 3. The first kappa shape index (κ1) is 12.9. The quantitative estimate of drug-likeness (QED) is 0.589. The smallest absolute Gasteiger partial charge is 0.329 e. The Morgan fingerprint density at radius 1 is 1.38 bits per heavy atom. The van der Waals surface area contributed by atoms with Gasteiger partial charge in [-0.15, -0.1) is 0 Å². The summed E-state index contributed by atoms with van der Waals surface area (Å²) in [6.45, 7) is 1.16. The van der Waals surface area contributed by atoms with Crippen LogP contribution in [0.1, 0.15) is 25.7 Å². The monoisotopic (exact) mass is 230 g/mol. The van der Waals surface area contributed by atoms with Crippen LogP contribution in [0.15, 0.2) is 0 Å². The molecule has 16 heavy (non-hydrogen) atoms. The van der Waals surface area contributed by atoms with Gasteiger partial charge in [0.25, 0.3) is 0 Å². The third kappa shape index (κ3) is 3.18. The molecule has 0 spiro atoms. The van der Waals surface area contributed by atoms with Crippen LogP contribution >= 0.6 is 0 Å². The number of aliphatic carboxylic acids is 1. The highest BCUT2D eigenvalue weighted by Gasteiger charge is 2.41. The molecule has 1 saturated heterocycles. The summed E-state index contributed by atoms with van der Waals surface area (Å²) in [5, 5.41) is 11.8. The molecule has 6 nitrogen and oxygen atoms in total. The lowest BCUT2D eigenvalue weighted by Crippen LogP contribution is -2.57. The molecule has 1 aliphatic heterocycles. The lowest BCUT2D eigenvalue weighted by molar-refractivity contribution is -0.152. The lowest BCUT2D eigenvalue weighted by atomic mass is 9.90. The number of nitrogens with two attached hydrogens (primary N) is 1. The fourth-order valence-electron chi connectivity index (χ4n) is 1.70. The Labute approximate surface area is 94.1 Å². The van der Waals surface area contributed by atoms with Gasteiger partial charge in [0.05, 0.1) is 0 Å². The van der Waals surface area contributed by atoms with Gasteiger partial charge in [0.2, 0.25) is 5.91 Å². The highest BCUT2D eigenvalue weighted by Crippen LogP contribution is 2.21. The van der Waals surface area contributed by atoms with Crippen molar-refractivity contribution >= 4 is 11.9 Å². The second kappa shape index (κ2) is 5.81. The summed E-state index contributed by atoms with van der Waals surface area (Å²) in [4.78, 5) is 22.7. The van der Waals surface area contributed by atoms with Crippen molar-refractivity contribution in [3.05, 3.63) is 0 Å². The standard InChI is InChI=1S/C10H18N2O4/c11-5-1-2-8(13)12-10(9(14)15)3-6-16-7-4-10/h1-7,11H2,(H,12,13)(H,14,15). The molecule has 1 heterocycles. The van der Waals surface area contributed by atoms with Gasteiger partial charge in [-0.3, -0.25) is 4.79 Å². The molecular formula is C10H18N2O4. The third-order valence-electron chi connectivity index (χ3n) is 2.74. The minimum absolute atomic E-state index is 0.255. The van der Waals surface area contributed by atoms with Gasteiger partial charge < -0.3 is 20.9 Å². The van der Waals surface area contributed by atoms with Crippen molar-refractivity contribution in [2.75, 3.05) is 19.8 Å². The molecule has 4 N–H and O–H groups in total. The molecule has 1 fully saturated rings. The Hall–Kier alpha value is -1.14. The van der Waals surface area contributed by atoms with Gasteiger partial charge in [0, 0.05) is 32.5 Å². The third-order valence-corrected chi connectivity index (χ3v) is 2.74. The molecule has 0 aromatic rings. The number of rotatable bonds is 5. The van der Waals surface area contributed by atoms with E-state index in [4.69, 9.17) is 15.6 Å². The second-order valence-corrected chi connectivity index (χ2v) is 3.94. The molecule has 0 aromatic carbocycles. The summed E-state index contributed by atoms with van der Waals surface area (Å²) in [7, 11) is 0. The highest BCUT2D eigenvalue weighted by atomic mass is 16.5. The van der Waals surface area contributed by atoms with Gasteiger partial charge in [-0.2, -0.15) is 0 Å². The van der Waals surface area contributed by atoms with Gasteiger partial charge >= 0.3 is 5.97 Å². The Bertz CT molecular complexity index is 262. The Balaban J connectivity index is 2.56. The van der Waals surface area contributed by atoms with Crippen molar-refractivity contribution in [1.29, 1.82) is 0 Å². The zero-order valence-electron chi connectivity index (χ0n) is 9.20. The minimum atomic E-state index is -1.15. The molecule has 1 amide bonds. The number of carbonyl (C=O) groups excluding carboxylic acids is 1. The van der Waals surface area contributed by atoms with E-state index in [0.29, 0.717) is 39.0 Å². The molecule has 6 heteroatoms. The van der Waals surface area contributed by atoms with Crippen LogP contribution in [-0.2, 0) is 14.3 Å². The fraction of sp³-hybridized carbons (Fsp3) is 0.800. The zero-order valence-corrected chi connectivity index (χ0v) is 9.20. The van der Waals surface area contributed by atoms with Gasteiger partial charge in [-0.05, 0) is 13.0 Å². The number of carboxylic acid groups (broad SMARTS) is 1. The van der Waals surface area contributed by atoms with Crippen LogP contribution in [-0.4, -0.2) is 42.3 Å². The number of ether oxygens (including phenoxy) is 1. The first-order valence-corrected chi connectivity index (χ1v) is 5.43. The fourth-order valence-corrected chi connectivity index (χ4v) is 1.70. The molecule has 92 valence electrons.